The molecule has 0 radical (unpaired) electrons. The third-order valence-corrected chi connectivity index (χ3v) is 2.86. The molecule has 2 aromatic heterocycles. The molecule has 6 heteroatoms. The molecule has 0 unspecified atom stereocenters. The molecule has 3 rings (SSSR count). The molecule has 0 saturated heterocycles. The SMILES string of the molecule is Cc1nn(-c2cccc3cnccc23)nc1C(=O)O. The van der Waals surface area contributed by atoms with Crippen LogP contribution in [0.5, 0.6) is 0 Å². The molecule has 19 heavy (non-hydrogen) atoms. The van der Waals surface area contributed by atoms with Gasteiger partial charge in [0.2, 0.25) is 0 Å². The number of rotatable bonds is 2. The van der Waals surface area contributed by atoms with Gasteiger partial charge in [-0.2, -0.15) is 5.10 Å². The number of carboxylic acids is 1. The second kappa shape index (κ2) is 4.16. The second-order valence-electron chi connectivity index (χ2n) is 4.10. The largest absolute Gasteiger partial charge is 0.476 e. The van der Waals surface area contributed by atoms with Crippen molar-refractivity contribution in [1.29, 1.82) is 0 Å². The molecule has 3 aromatic rings. The van der Waals surface area contributed by atoms with E-state index in [1.165, 1.54) is 4.80 Å². The minimum Gasteiger partial charge on any atom is -0.476 e. The first kappa shape index (κ1) is 11.3. The lowest BCUT2D eigenvalue weighted by Crippen LogP contribution is -2.03. The zero-order valence-electron chi connectivity index (χ0n) is 10.1. The third-order valence-electron chi connectivity index (χ3n) is 2.86. The van der Waals surface area contributed by atoms with Crippen LogP contribution >= 0.6 is 0 Å². The molecule has 0 atom stereocenters. The van der Waals surface area contributed by atoms with E-state index in [1.807, 2.05) is 24.3 Å². The molecule has 0 fully saturated rings. The smallest absolute Gasteiger partial charge is 0.358 e. The van der Waals surface area contributed by atoms with Crippen LogP contribution < -0.4 is 0 Å². The Kier molecular flexibility index (Phi) is 2.49. The van der Waals surface area contributed by atoms with Crippen LogP contribution in [0.4, 0.5) is 0 Å². The predicted octanol–water partition coefficient (Wildman–Crippen LogP) is 1.82. The van der Waals surface area contributed by atoms with Gasteiger partial charge in [-0.1, -0.05) is 12.1 Å². The highest BCUT2D eigenvalue weighted by Crippen LogP contribution is 2.20. The van der Waals surface area contributed by atoms with Crippen LogP contribution in [0.15, 0.2) is 36.7 Å². The van der Waals surface area contributed by atoms with Crippen molar-refractivity contribution in [2.45, 2.75) is 6.92 Å². The van der Waals surface area contributed by atoms with Gasteiger partial charge in [0.1, 0.15) is 0 Å². The average Bonchev–Trinajstić information content (AvgIpc) is 2.80. The molecule has 0 saturated carbocycles. The summed E-state index contributed by atoms with van der Waals surface area (Å²) >= 11 is 0. The highest BCUT2D eigenvalue weighted by molar-refractivity contribution is 5.89. The summed E-state index contributed by atoms with van der Waals surface area (Å²) in [5, 5.41) is 19.1. The van der Waals surface area contributed by atoms with Gasteiger partial charge >= 0.3 is 5.97 Å². The molecular formula is C13H10N4O2. The first-order chi connectivity index (χ1) is 9.16. The van der Waals surface area contributed by atoms with E-state index in [0.29, 0.717) is 5.69 Å². The molecule has 2 heterocycles. The van der Waals surface area contributed by atoms with Crippen LogP contribution in [-0.4, -0.2) is 31.1 Å². The Morgan fingerprint density at radius 3 is 2.84 bits per heavy atom. The standard InChI is InChI=1S/C13H10N4O2/c1-8-12(13(18)19)16-17(15-8)11-4-2-3-9-7-14-6-5-10(9)11/h2-7H,1H3,(H,18,19). The number of aromatic carboxylic acids is 1. The summed E-state index contributed by atoms with van der Waals surface area (Å²) in [5.41, 5.74) is 1.08. The molecule has 0 spiro atoms. The van der Waals surface area contributed by atoms with Gasteiger partial charge in [-0.15, -0.1) is 9.90 Å². The Morgan fingerprint density at radius 2 is 2.11 bits per heavy atom. The summed E-state index contributed by atoms with van der Waals surface area (Å²) in [7, 11) is 0. The summed E-state index contributed by atoms with van der Waals surface area (Å²) in [5.74, 6) is -1.08. The summed E-state index contributed by atoms with van der Waals surface area (Å²) in [6, 6.07) is 7.48. The van der Waals surface area contributed by atoms with Gasteiger partial charge in [0.15, 0.2) is 5.69 Å². The van der Waals surface area contributed by atoms with Gasteiger partial charge in [0.25, 0.3) is 0 Å². The number of aryl methyl sites for hydroxylation is 1. The Bertz CT molecular complexity index is 774. The van der Waals surface area contributed by atoms with Crippen molar-refractivity contribution in [3.8, 4) is 5.69 Å². The van der Waals surface area contributed by atoms with Gasteiger partial charge in [-0.05, 0) is 19.1 Å². The van der Waals surface area contributed by atoms with Crippen molar-refractivity contribution in [2.75, 3.05) is 0 Å². The second-order valence-corrected chi connectivity index (χ2v) is 4.10. The predicted molar refractivity (Wildman–Crippen MR) is 68.4 cm³/mol. The molecular weight excluding hydrogens is 244 g/mol. The van der Waals surface area contributed by atoms with E-state index < -0.39 is 5.97 Å². The number of carbonyl (C=O) groups is 1. The zero-order chi connectivity index (χ0) is 13.4. The fourth-order valence-electron chi connectivity index (χ4n) is 1.96. The number of benzene rings is 1. The fraction of sp³-hybridized carbons (Fsp3) is 0.0769. The minimum atomic E-state index is -1.08. The van der Waals surface area contributed by atoms with Gasteiger partial charge in [-0.25, -0.2) is 4.79 Å². The van der Waals surface area contributed by atoms with Crippen LogP contribution in [0.3, 0.4) is 0 Å². The van der Waals surface area contributed by atoms with Crippen molar-refractivity contribution < 1.29 is 9.90 Å². The van der Waals surface area contributed by atoms with Gasteiger partial charge in [0, 0.05) is 23.2 Å². The summed E-state index contributed by atoms with van der Waals surface area (Å²) in [6.07, 6.45) is 3.42. The molecule has 0 aliphatic carbocycles. The maximum atomic E-state index is 11.0. The number of pyridine rings is 1. The van der Waals surface area contributed by atoms with E-state index >= 15 is 0 Å². The quantitative estimate of drug-likeness (QED) is 0.754. The number of nitrogens with zero attached hydrogens (tertiary/aromatic N) is 4. The number of carboxylic acid groups (broad SMARTS) is 1. The molecule has 0 aliphatic rings. The van der Waals surface area contributed by atoms with E-state index in [9.17, 15) is 4.79 Å². The molecule has 1 N–H and O–H groups in total. The molecule has 94 valence electrons. The van der Waals surface area contributed by atoms with Crippen molar-refractivity contribution in [3.05, 3.63) is 48.0 Å². The lowest BCUT2D eigenvalue weighted by molar-refractivity contribution is 0.0689. The van der Waals surface area contributed by atoms with Gasteiger partial charge in [0.05, 0.1) is 11.4 Å². The first-order valence-corrected chi connectivity index (χ1v) is 5.67. The molecule has 0 bridgehead atoms. The summed E-state index contributed by atoms with van der Waals surface area (Å²) in [4.78, 5) is 16.4. The normalized spacial score (nSPS) is 10.8. The van der Waals surface area contributed by atoms with Crippen LogP contribution in [0.1, 0.15) is 16.2 Å². The van der Waals surface area contributed by atoms with E-state index in [1.54, 1.807) is 19.3 Å². The lowest BCUT2D eigenvalue weighted by atomic mass is 10.1. The summed E-state index contributed by atoms with van der Waals surface area (Å²) in [6.45, 7) is 1.62. The Morgan fingerprint density at radius 1 is 1.26 bits per heavy atom. The molecule has 0 amide bonds. The maximum absolute atomic E-state index is 11.0. The van der Waals surface area contributed by atoms with E-state index in [0.717, 1.165) is 16.5 Å². The van der Waals surface area contributed by atoms with E-state index in [2.05, 4.69) is 15.2 Å². The highest BCUT2D eigenvalue weighted by Gasteiger charge is 2.15. The van der Waals surface area contributed by atoms with Crippen molar-refractivity contribution in [1.82, 2.24) is 20.0 Å². The van der Waals surface area contributed by atoms with Crippen LogP contribution in [0.2, 0.25) is 0 Å². The Balaban J connectivity index is 2.25. The molecule has 1 aromatic carbocycles. The van der Waals surface area contributed by atoms with Gasteiger partial charge in [-0.3, -0.25) is 4.98 Å². The Labute approximate surface area is 108 Å². The van der Waals surface area contributed by atoms with Crippen molar-refractivity contribution in [3.63, 3.8) is 0 Å². The zero-order valence-corrected chi connectivity index (χ0v) is 10.1. The number of hydrogen-bond donors (Lipinski definition) is 1. The minimum absolute atomic E-state index is 0.0361. The molecule has 0 aliphatic heterocycles. The topological polar surface area (TPSA) is 80.9 Å². The maximum Gasteiger partial charge on any atom is 0.358 e. The first-order valence-electron chi connectivity index (χ1n) is 5.67. The van der Waals surface area contributed by atoms with E-state index in [4.69, 9.17) is 5.11 Å². The molecule has 6 nitrogen and oxygen atoms in total. The lowest BCUT2D eigenvalue weighted by Gasteiger charge is -2.04. The van der Waals surface area contributed by atoms with Crippen LogP contribution in [0.25, 0.3) is 16.5 Å². The average molecular weight is 254 g/mol. The monoisotopic (exact) mass is 254 g/mol. The van der Waals surface area contributed by atoms with Crippen LogP contribution in [-0.2, 0) is 0 Å². The third kappa shape index (κ3) is 1.83. The number of hydrogen-bond acceptors (Lipinski definition) is 4. The van der Waals surface area contributed by atoms with Crippen LogP contribution in [0, 0.1) is 6.92 Å². The number of fused-ring (bicyclic) bond motifs is 1. The summed E-state index contributed by atoms with van der Waals surface area (Å²) < 4.78 is 0. The van der Waals surface area contributed by atoms with Crippen molar-refractivity contribution >= 4 is 16.7 Å². The highest BCUT2D eigenvalue weighted by atomic mass is 16.4. The van der Waals surface area contributed by atoms with E-state index in [-0.39, 0.29) is 5.69 Å². The van der Waals surface area contributed by atoms with Gasteiger partial charge < -0.3 is 5.11 Å². The Hall–Kier alpha value is -2.76. The number of aromatic nitrogens is 4. The van der Waals surface area contributed by atoms with Crippen molar-refractivity contribution in [2.24, 2.45) is 0 Å². The fourth-order valence-corrected chi connectivity index (χ4v) is 1.96.